The molecule has 5 heteroatoms. The average Bonchev–Trinajstić information content (AvgIpc) is 2.00. The Kier molecular flexibility index (Phi) is 3.45. The Bertz CT molecular complexity index is 338. The Hall–Kier alpha value is 0.279. The van der Waals surface area contributed by atoms with Crippen molar-refractivity contribution in [3.8, 4) is 0 Å². The van der Waals surface area contributed by atoms with Crippen LogP contribution < -0.4 is 4.46 Å². The molecule has 1 aromatic carbocycles. The van der Waals surface area contributed by atoms with Gasteiger partial charge in [-0.25, -0.2) is 0 Å². The number of hydrogen-bond acceptors (Lipinski definition) is 1. The molecule has 1 aromatic rings. The second kappa shape index (κ2) is 3.99. The fraction of sp³-hybridized carbons (Fsp3) is 0. The van der Waals surface area contributed by atoms with Gasteiger partial charge in [0.2, 0.25) is 0 Å². The molecular formula is C7H2Cl3OSe. The van der Waals surface area contributed by atoms with E-state index in [1.165, 1.54) is 12.1 Å². The molecule has 0 saturated heterocycles. The number of carbonyl (C=O) groups is 1. The van der Waals surface area contributed by atoms with Gasteiger partial charge in [0, 0.05) is 0 Å². The Morgan fingerprint density at radius 3 is 2.42 bits per heavy atom. The predicted octanol–water partition coefficient (Wildman–Crippen LogP) is 2.17. The van der Waals surface area contributed by atoms with Gasteiger partial charge >= 0.3 is 93.1 Å². The monoisotopic (exact) mass is 287 g/mol. The SMILES string of the molecule is O=C(Cl)c1ccc(Cl)c(Cl)c1[Se]. The van der Waals surface area contributed by atoms with Crippen LogP contribution in [0.5, 0.6) is 0 Å². The first-order valence-electron chi connectivity index (χ1n) is 2.89. The molecule has 0 heterocycles. The zero-order chi connectivity index (χ0) is 9.30. The summed E-state index contributed by atoms with van der Waals surface area (Å²) in [6.45, 7) is 0. The van der Waals surface area contributed by atoms with Crippen LogP contribution in [0.2, 0.25) is 10.0 Å². The van der Waals surface area contributed by atoms with Crippen LogP contribution >= 0.6 is 34.8 Å². The van der Waals surface area contributed by atoms with Gasteiger partial charge in [0.1, 0.15) is 0 Å². The molecule has 1 rings (SSSR count). The van der Waals surface area contributed by atoms with Gasteiger partial charge in [-0.15, -0.1) is 0 Å². The summed E-state index contributed by atoms with van der Waals surface area (Å²) in [6.07, 6.45) is 0. The fourth-order valence-corrected chi connectivity index (χ4v) is 1.99. The van der Waals surface area contributed by atoms with Gasteiger partial charge in [-0.05, 0) is 0 Å². The summed E-state index contributed by atoms with van der Waals surface area (Å²) in [6, 6.07) is 3.05. The van der Waals surface area contributed by atoms with Gasteiger partial charge in [-0.1, -0.05) is 0 Å². The zero-order valence-corrected chi connectivity index (χ0v) is 9.59. The maximum atomic E-state index is 10.8. The van der Waals surface area contributed by atoms with Crippen molar-refractivity contribution in [3.05, 3.63) is 27.7 Å². The molecule has 0 aliphatic rings. The quantitative estimate of drug-likeness (QED) is 0.571. The second-order valence-electron chi connectivity index (χ2n) is 2.01. The van der Waals surface area contributed by atoms with E-state index in [1.54, 1.807) is 0 Å². The molecule has 0 aliphatic carbocycles. The van der Waals surface area contributed by atoms with Gasteiger partial charge in [0.25, 0.3) is 0 Å². The summed E-state index contributed by atoms with van der Waals surface area (Å²) in [5, 5.41) is 0.164. The normalized spacial score (nSPS) is 9.92. The van der Waals surface area contributed by atoms with Crippen molar-refractivity contribution in [3.63, 3.8) is 0 Å². The number of halogens is 3. The van der Waals surface area contributed by atoms with Gasteiger partial charge in [0.05, 0.1) is 0 Å². The molecule has 0 fully saturated rings. The van der Waals surface area contributed by atoms with Gasteiger partial charge in [0.15, 0.2) is 0 Å². The molecule has 0 unspecified atom stereocenters. The van der Waals surface area contributed by atoms with E-state index in [4.69, 9.17) is 34.8 Å². The molecule has 1 nitrogen and oxygen atoms in total. The van der Waals surface area contributed by atoms with Gasteiger partial charge in [-0.2, -0.15) is 0 Å². The molecule has 1 radical (unpaired) electrons. The molecule has 0 aliphatic heterocycles. The Morgan fingerprint density at radius 2 is 1.92 bits per heavy atom. The Labute approximate surface area is 92.8 Å². The second-order valence-corrected chi connectivity index (χ2v) is 4.00. The van der Waals surface area contributed by atoms with Crippen molar-refractivity contribution in [2.75, 3.05) is 0 Å². The van der Waals surface area contributed by atoms with E-state index in [2.05, 4.69) is 16.0 Å². The molecule has 63 valence electrons. The summed E-state index contributed by atoms with van der Waals surface area (Å²) < 4.78 is 0.490. The average molecular weight is 287 g/mol. The number of carbonyl (C=O) groups excluding carboxylic acids is 1. The predicted molar refractivity (Wildman–Crippen MR) is 52.0 cm³/mol. The minimum atomic E-state index is -0.553. The Morgan fingerprint density at radius 1 is 1.33 bits per heavy atom. The van der Waals surface area contributed by atoms with Crippen molar-refractivity contribution in [2.24, 2.45) is 0 Å². The van der Waals surface area contributed by atoms with Gasteiger partial charge < -0.3 is 0 Å². The minimum absolute atomic E-state index is 0.322. The van der Waals surface area contributed by atoms with Crippen molar-refractivity contribution in [1.29, 1.82) is 0 Å². The molecular weight excluding hydrogens is 285 g/mol. The molecule has 0 aromatic heterocycles. The first kappa shape index (κ1) is 10.4. The summed E-state index contributed by atoms with van der Waals surface area (Å²) in [7, 11) is 0. The summed E-state index contributed by atoms with van der Waals surface area (Å²) in [5.74, 6) is 0. The van der Waals surface area contributed by atoms with E-state index in [-0.39, 0.29) is 0 Å². The van der Waals surface area contributed by atoms with Crippen LogP contribution in [-0.2, 0) is 0 Å². The van der Waals surface area contributed by atoms with Crippen molar-refractivity contribution >= 4 is 60.5 Å². The van der Waals surface area contributed by atoms with Crippen LogP contribution in [0, 0.1) is 0 Å². The zero-order valence-electron chi connectivity index (χ0n) is 5.61. The number of rotatable bonds is 1. The van der Waals surface area contributed by atoms with Crippen LogP contribution in [0.3, 0.4) is 0 Å². The van der Waals surface area contributed by atoms with Crippen LogP contribution in [0.4, 0.5) is 0 Å². The molecule has 0 saturated carbocycles. The summed E-state index contributed by atoms with van der Waals surface area (Å²) in [4.78, 5) is 10.8. The molecule has 0 N–H and O–H groups in total. The summed E-state index contributed by atoms with van der Waals surface area (Å²) in [5.41, 5.74) is 0.339. The van der Waals surface area contributed by atoms with Crippen LogP contribution in [0.15, 0.2) is 12.1 Å². The van der Waals surface area contributed by atoms with Crippen LogP contribution in [0.1, 0.15) is 10.4 Å². The van der Waals surface area contributed by atoms with Crippen LogP contribution in [-0.4, -0.2) is 21.3 Å². The molecule has 0 spiro atoms. The Balaban J connectivity index is 3.36. The van der Waals surface area contributed by atoms with Crippen molar-refractivity contribution in [1.82, 2.24) is 0 Å². The summed E-state index contributed by atoms with van der Waals surface area (Å²) >= 11 is 19.3. The van der Waals surface area contributed by atoms with E-state index in [1.807, 2.05) is 0 Å². The van der Waals surface area contributed by atoms with Crippen molar-refractivity contribution < 1.29 is 4.79 Å². The van der Waals surface area contributed by atoms with E-state index >= 15 is 0 Å². The molecule has 0 atom stereocenters. The first-order chi connectivity index (χ1) is 5.54. The molecule has 0 bridgehead atoms. The fourth-order valence-electron chi connectivity index (χ4n) is 0.687. The van der Waals surface area contributed by atoms with Gasteiger partial charge in [-0.3, -0.25) is 0 Å². The third kappa shape index (κ3) is 1.95. The van der Waals surface area contributed by atoms with E-state index in [0.717, 1.165) is 0 Å². The first-order valence-corrected chi connectivity index (χ1v) is 4.88. The maximum absolute atomic E-state index is 10.8. The number of hydrogen-bond donors (Lipinski definition) is 0. The third-order valence-corrected chi connectivity index (χ3v) is 3.41. The molecule has 0 amide bonds. The van der Waals surface area contributed by atoms with E-state index < -0.39 is 5.24 Å². The van der Waals surface area contributed by atoms with E-state index in [9.17, 15) is 4.79 Å². The van der Waals surface area contributed by atoms with E-state index in [0.29, 0.717) is 20.1 Å². The molecule has 12 heavy (non-hydrogen) atoms. The van der Waals surface area contributed by atoms with Crippen LogP contribution in [0.25, 0.3) is 0 Å². The van der Waals surface area contributed by atoms with Crippen molar-refractivity contribution in [2.45, 2.75) is 0 Å². The third-order valence-electron chi connectivity index (χ3n) is 1.26. The standard InChI is InChI=1S/C7H2Cl3OSe/c8-4-2-1-3(7(10)11)6(12)5(4)9/h1-2H. The number of benzene rings is 1. The topological polar surface area (TPSA) is 17.1 Å².